The van der Waals surface area contributed by atoms with E-state index in [4.69, 9.17) is 11.6 Å². The topological polar surface area (TPSA) is 24.5 Å². The predicted octanol–water partition coefficient (Wildman–Crippen LogP) is 3.54. The zero-order valence-electron chi connectivity index (χ0n) is 11.8. The molecule has 1 aliphatic rings. The predicted molar refractivity (Wildman–Crippen MR) is 75.9 cm³/mol. The monoisotopic (exact) mass is 340 g/mol. The first-order valence-electron chi connectivity index (χ1n) is 6.96. The van der Waals surface area contributed by atoms with Gasteiger partial charge in [0.2, 0.25) is 0 Å². The molecule has 0 aliphatic carbocycles. The highest BCUT2D eigenvalue weighted by Gasteiger charge is 2.32. The molecule has 0 saturated carbocycles. The second kappa shape index (κ2) is 7.48. The normalized spacial score (nSPS) is 18.2. The number of hydrogen-bond donors (Lipinski definition) is 1. The third-order valence-corrected chi connectivity index (χ3v) is 3.84. The smallest absolute Gasteiger partial charge is 0.404 e. The molecule has 3 nitrogen and oxygen atoms in total. The van der Waals surface area contributed by atoms with Crippen molar-refractivity contribution in [1.29, 1.82) is 0 Å². The van der Waals surface area contributed by atoms with Crippen LogP contribution in [0.3, 0.4) is 0 Å². The van der Waals surface area contributed by atoms with E-state index in [0.717, 1.165) is 26.2 Å². The Morgan fingerprint density at radius 1 is 1.27 bits per heavy atom. The van der Waals surface area contributed by atoms with Gasteiger partial charge in [0.15, 0.2) is 0 Å². The fourth-order valence-electron chi connectivity index (χ4n) is 2.59. The summed E-state index contributed by atoms with van der Waals surface area (Å²) in [5.41, 5.74) is 0.694. The number of nitrogens with one attached hydrogen (secondary N) is 1. The Labute approximate surface area is 131 Å². The quantitative estimate of drug-likeness (QED) is 0.830. The maximum Gasteiger partial charge on any atom is 0.573 e. The fraction of sp³-hybridized carbons (Fsp3) is 0.571. The van der Waals surface area contributed by atoms with Gasteiger partial charge >= 0.3 is 6.36 Å². The lowest BCUT2D eigenvalue weighted by Gasteiger charge is -2.35. The van der Waals surface area contributed by atoms with Gasteiger partial charge in [-0.3, -0.25) is 9.29 Å². The molecule has 1 aromatic rings. The van der Waals surface area contributed by atoms with Crippen molar-refractivity contribution in [1.82, 2.24) is 10.2 Å². The molecule has 8 heteroatoms. The summed E-state index contributed by atoms with van der Waals surface area (Å²) in [5, 5.41) is 3.07. The average Bonchev–Trinajstić information content (AvgIpc) is 2.47. The molecule has 1 heterocycles. The average molecular weight is 341 g/mol. The van der Waals surface area contributed by atoms with E-state index >= 15 is 0 Å². The van der Waals surface area contributed by atoms with Gasteiger partial charge in [0.25, 0.3) is 0 Å². The number of hydrogen-bond acceptors (Lipinski definition) is 3. The van der Waals surface area contributed by atoms with Gasteiger partial charge in [-0.25, -0.2) is 0 Å². The lowest BCUT2D eigenvalue weighted by molar-refractivity contribution is -0.274. The van der Waals surface area contributed by atoms with Crippen LogP contribution in [-0.4, -0.2) is 44.1 Å². The molecule has 0 bridgehead atoms. The lowest BCUT2D eigenvalue weighted by Crippen LogP contribution is -2.45. The zero-order chi connectivity index (χ0) is 16.2. The van der Waals surface area contributed by atoms with Crippen molar-refractivity contribution in [3.8, 4) is 5.75 Å². The summed E-state index contributed by atoms with van der Waals surface area (Å²) in [6.45, 7) is 2.59. The zero-order valence-corrected chi connectivity index (χ0v) is 12.6. The Balaban J connectivity index is 2.19. The van der Waals surface area contributed by atoms with Crippen LogP contribution in [0.1, 0.15) is 18.0 Å². The van der Waals surface area contributed by atoms with Gasteiger partial charge in [-0.05, 0) is 24.1 Å². The maximum atomic E-state index is 12.8. The minimum atomic E-state index is -4.79. The number of benzene rings is 1. The molecule has 1 saturated heterocycles. The molecule has 0 unspecified atom stereocenters. The van der Waals surface area contributed by atoms with Crippen molar-refractivity contribution in [2.24, 2.45) is 0 Å². The largest absolute Gasteiger partial charge is 0.573 e. The molecule has 0 amide bonds. The Hall–Kier alpha value is -1.05. The van der Waals surface area contributed by atoms with E-state index < -0.39 is 18.8 Å². The molecular weight excluding hydrogens is 324 g/mol. The van der Waals surface area contributed by atoms with E-state index in [1.807, 2.05) is 0 Å². The molecule has 1 aromatic carbocycles. The second-order valence-electron chi connectivity index (χ2n) is 5.02. The molecule has 1 fully saturated rings. The summed E-state index contributed by atoms with van der Waals surface area (Å²) < 4.78 is 53.4. The lowest BCUT2D eigenvalue weighted by atomic mass is 10.0. The first kappa shape index (κ1) is 17.3. The molecule has 124 valence electrons. The van der Waals surface area contributed by atoms with Gasteiger partial charge in [0.1, 0.15) is 5.75 Å². The van der Waals surface area contributed by atoms with Gasteiger partial charge in [0.05, 0.1) is 11.7 Å². The Morgan fingerprint density at radius 3 is 2.50 bits per heavy atom. The summed E-state index contributed by atoms with van der Waals surface area (Å²) in [6, 6.07) is 3.91. The van der Waals surface area contributed by atoms with Crippen LogP contribution in [0, 0.1) is 0 Å². The van der Waals surface area contributed by atoms with E-state index in [-0.39, 0.29) is 17.5 Å². The van der Waals surface area contributed by atoms with Crippen LogP contribution >= 0.6 is 11.6 Å². The number of ether oxygens (including phenoxy) is 1. The van der Waals surface area contributed by atoms with Gasteiger partial charge < -0.3 is 10.1 Å². The third kappa shape index (κ3) is 4.72. The number of rotatable bonds is 5. The molecule has 2 rings (SSSR count). The van der Waals surface area contributed by atoms with E-state index in [0.29, 0.717) is 5.56 Å². The molecule has 1 aliphatic heterocycles. The van der Waals surface area contributed by atoms with Crippen molar-refractivity contribution in [2.75, 3.05) is 32.9 Å². The third-order valence-electron chi connectivity index (χ3n) is 3.54. The van der Waals surface area contributed by atoms with Crippen LogP contribution in [0.25, 0.3) is 0 Å². The molecular formula is C14H17ClF4N2O. The van der Waals surface area contributed by atoms with Gasteiger partial charge in [-0.1, -0.05) is 17.7 Å². The van der Waals surface area contributed by atoms with Crippen LogP contribution in [0.2, 0.25) is 5.02 Å². The minimum absolute atomic E-state index is 0.131. The summed E-state index contributed by atoms with van der Waals surface area (Å²) in [4.78, 5) is 2.10. The Morgan fingerprint density at radius 2 is 1.95 bits per heavy atom. The Kier molecular flexibility index (Phi) is 5.88. The van der Waals surface area contributed by atoms with Crippen LogP contribution < -0.4 is 10.1 Å². The summed E-state index contributed by atoms with van der Waals surface area (Å²) >= 11 is 5.87. The SMILES string of the molecule is FCC[C@@H](c1ccc(OC(F)(F)F)c(Cl)c1)N1CCNCC1. The van der Waals surface area contributed by atoms with Crippen LogP contribution in [0.4, 0.5) is 17.6 Å². The van der Waals surface area contributed by atoms with Crippen molar-refractivity contribution in [3.63, 3.8) is 0 Å². The van der Waals surface area contributed by atoms with Gasteiger partial charge in [0, 0.05) is 32.2 Å². The highest BCUT2D eigenvalue weighted by Crippen LogP contribution is 2.34. The van der Waals surface area contributed by atoms with E-state index in [9.17, 15) is 17.6 Å². The van der Waals surface area contributed by atoms with Crippen molar-refractivity contribution in [2.45, 2.75) is 18.8 Å². The van der Waals surface area contributed by atoms with Gasteiger partial charge in [-0.15, -0.1) is 13.2 Å². The van der Waals surface area contributed by atoms with E-state index in [1.54, 1.807) is 0 Å². The maximum absolute atomic E-state index is 12.8. The van der Waals surface area contributed by atoms with Crippen molar-refractivity contribution in [3.05, 3.63) is 28.8 Å². The molecule has 0 radical (unpaired) electrons. The minimum Gasteiger partial charge on any atom is -0.404 e. The highest BCUT2D eigenvalue weighted by atomic mass is 35.5. The van der Waals surface area contributed by atoms with Crippen LogP contribution in [-0.2, 0) is 0 Å². The molecule has 1 N–H and O–H groups in total. The van der Waals surface area contributed by atoms with Crippen LogP contribution in [0.5, 0.6) is 5.75 Å². The summed E-state index contributed by atoms with van der Waals surface area (Å²) in [7, 11) is 0. The first-order chi connectivity index (χ1) is 10.4. The fourth-order valence-corrected chi connectivity index (χ4v) is 2.82. The first-order valence-corrected chi connectivity index (χ1v) is 7.34. The highest BCUT2D eigenvalue weighted by molar-refractivity contribution is 6.32. The van der Waals surface area contributed by atoms with Gasteiger partial charge in [-0.2, -0.15) is 0 Å². The van der Waals surface area contributed by atoms with Crippen molar-refractivity contribution < 1.29 is 22.3 Å². The summed E-state index contributed by atoms with van der Waals surface area (Å²) in [5.74, 6) is -0.447. The van der Waals surface area contributed by atoms with E-state index in [1.165, 1.54) is 18.2 Å². The Bertz CT molecular complexity index is 492. The second-order valence-corrected chi connectivity index (χ2v) is 5.42. The molecule has 0 aromatic heterocycles. The number of nitrogens with zero attached hydrogens (tertiary/aromatic N) is 1. The van der Waals surface area contributed by atoms with Crippen LogP contribution in [0.15, 0.2) is 18.2 Å². The van der Waals surface area contributed by atoms with E-state index in [2.05, 4.69) is 15.0 Å². The number of alkyl halides is 4. The molecule has 22 heavy (non-hydrogen) atoms. The standard InChI is InChI=1S/C14H17ClF4N2O/c15-11-9-10(1-2-13(11)22-14(17,18)19)12(3-4-16)21-7-5-20-6-8-21/h1-2,9,12,20H,3-8H2/t12-/m0/s1. The van der Waals surface area contributed by atoms with Crippen molar-refractivity contribution >= 4 is 11.6 Å². The molecule has 1 atom stereocenters. The summed E-state index contributed by atoms with van der Waals surface area (Å²) in [6.07, 6.45) is -4.52. The number of piperazine rings is 1. The molecule has 0 spiro atoms. The number of halogens is 5.